The van der Waals surface area contributed by atoms with E-state index >= 15 is 0 Å². The van der Waals surface area contributed by atoms with E-state index in [0.717, 1.165) is 0 Å². The lowest BCUT2D eigenvalue weighted by molar-refractivity contribution is -0.0399. The molecular weight excluding hydrogens is 168 g/mol. The fourth-order valence-corrected chi connectivity index (χ4v) is 1.64. The molecule has 1 aliphatic heterocycles. The van der Waals surface area contributed by atoms with Crippen LogP contribution in [0.25, 0.3) is 0 Å². The van der Waals surface area contributed by atoms with Crippen LogP contribution in [0, 0.1) is 5.92 Å². The van der Waals surface area contributed by atoms with Gasteiger partial charge >= 0.3 is 0 Å². The average Bonchev–Trinajstić information content (AvgIpc) is 1.88. The second-order valence-corrected chi connectivity index (χ2v) is 3.47. The van der Waals surface area contributed by atoms with E-state index in [1.54, 1.807) is 0 Å². The summed E-state index contributed by atoms with van der Waals surface area (Å²) >= 11 is 8.18. The second kappa shape index (κ2) is 3.85. The fraction of sp³-hybridized carbons (Fsp3) is 1.00. The summed E-state index contributed by atoms with van der Waals surface area (Å²) in [5.74, 6) is 0.869. The minimum absolute atomic E-state index is 0.0915. The third-order valence-corrected chi connectivity index (χ3v) is 2.55. The zero-order valence-electron chi connectivity index (χ0n) is 5.60. The van der Waals surface area contributed by atoms with Crippen LogP contribution in [0.5, 0.6) is 0 Å². The van der Waals surface area contributed by atoms with Crippen molar-refractivity contribution in [1.29, 1.82) is 0 Å². The van der Waals surface area contributed by atoms with Gasteiger partial charge in [0.2, 0.25) is 0 Å². The van der Waals surface area contributed by atoms with Gasteiger partial charge in [0.05, 0.1) is 12.7 Å². The molecule has 1 aliphatic rings. The van der Waals surface area contributed by atoms with Crippen molar-refractivity contribution < 1.29 is 9.84 Å². The molecule has 0 spiro atoms. The standard InChI is InChI=1S/C6H12O2S2/c7-5-1-6(10)8-2-4(5)3-9/h4-7,9-10H,1-3H2. The zero-order chi connectivity index (χ0) is 7.56. The summed E-state index contributed by atoms with van der Waals surface area (Å²) < 4.78 is 5.21. The lowest BCUT2D eigenvalue weighted by Gasteiger charge is -2.29. The third-order valence-electron chi connectivity index (χ3n) is 1.72. The summed E-state index contributed by atoms with van der Waals surface area (Å²) in [4.78, 5) is 0. The van der Waals surface area contributed by atoms with E-state index in [9.17, 15) is 5.11 Å². The lowest BCUT2D eigenvalue weighted by atomic mass is 10.0. The van der Waals surface area contributed by atoms with Gasteiger partial charge in [-0.25, -0.2) is 0 Å². The highest BCUT2D eigenvalue weighted by Gasteiger charge is 2.26. The molecule has 1 saturated heterocycles. The number of aliphatic hydroxyl groups is 1. The van der Waals surface area contributed by atoms with Crippen LogP contribution in [-0.4, -0.2) is 29.0 Å². The molecule has 2 nitrogen and oxygen atoms in total. The molecule has 1 fully saturated rings. The molecule has 0 radical (unpaired) electrons. The summed E-state index contributed by atoms with van der Waals surface area (Å²) in [6.07, 6.45) is 0.336. The van der Waals surface area contributed by atoms with Crippen LogP contribution in [0.4, 0.5) is 0 Å². The summed E-state index contributed by atoms with van der Waals surface area (Å²) in [5, 5.41) is 9.36. The van der Waals surface area contributed by atoms with Crippen LogP contribution >= 0.6 is 25.3 Å². The molecule has 60 valence electrons. The highest BCUT2D eigenvalue weighted by molar-refractivity contribution is 7.80. The molecule has 10 heavy (non-hydrogen) atoms. The number of aliphatic hydroxyl groups excluding tert-OH is 1. The molecule has 0 aromatic rings. The van der Waals surface area contributed by atoms with Gasteiger partial charge < -0.3 is 9.84 Å². The Labute approximate surface area is 71.8 Å². The van der Waals surface area contributed by atoms with Crippen molar-refractivity contribution in [2.45, 2.75) is 18.0 Å². The molecule has 1 N–H and O–H groups in total. The SMILES string of the molecule is OC1CC(S)OCC1CS. The topological polar surface area (TPSA) is 29.5 Å². The van der Waals surface area contributed by atoms with Crippen molar-refractivity contribution in [2.75, 3.05) is 12.4 Å². The van der Waals surface area contributed by atoms with E-state index in [1.165, 1.54) is 0 Å². The molecule has 0 aliphatic carbocycles. The predicted octanol–water partition coefficient (Wildman–Crippen LogP) is 0.570. The van der Waals surface area contributed by atoms with Gasteiger partial charge in [-0.3, -0.25) is 0 Å². The number of thiol groups is 2. The summed E-state index contributed by atoms with van der Waals surface area (Å²) in [5.41, 5.74) is -0.0915. The maximum absolute atomic E-state index is 9.36. The Morgan fingerprint density at radius 3 is 2.80 bits per heavy atom. The van der Waals surface area contributed by atoms with Crippen molar-refractivity contribution in [1.82, 2.24) is 0 Å². The monoisotopic (exact) mass is 180 g/mol. The Balaban J connectivity index is 2.36. The van der Waals surface area contributed by atoms with Crippen molar-refractivity contribution in [3.05, 3.63) is 0 Å². The molecule has 0 saturated carbocycles. The molecule has 1 rings (SSSR count). The summed E-state index contributed by atoms with van der Waals surface area (Å²) in [7, 11) is 0. The first kappa shape index (κ1) is 8.71. The highest BCUT2D eigenvalue weighted by atomic mass is 32.1. The molecule has 4 heteroatoms. The molecular formula is C6H12O2S2. The number of ether oxygens (including phenoxy) is 1. The Hall–Kier alpha value is 0.620. The van der Waals surface area contributed by atoms with Crippen LogP contribution in [0.2, 0.25) is 0 Å². The number of hydrogen-bond acceptors (Lipinski definition) is 4. The number of hydrogen-bond donors (Lipinski definition) is 3. The van der Waals surface area contributed by atoms with E-state index in [-0.39, 0.29) is 17.5 Å². The van der Waals surface area contributed by atoms with Crippen LogP contribution in [0.3, 0.4) is 0 Å². The van der Waals surface area contributed by atoms with E-state index < -0.39 is 0 Å². The van der Waals surface area contributed by atoms with Gasteiger partial charge in [-0.1, -0.05) is 0 Å². The molecule has 3 atom stereocenters. The zero-order valence-corrected chi connectivity index (χ0v) is 7.39. The first-order chi connectivity index (χ1) is 4.74. The molecule has 3 unspecified atom stereocenters. The highest BCUT2D eigenvalue weighted by Crippen LogP contribution is 2.22. The first-order valence-electron chi connectivity index (χ1n) is 3.32. The van der Waals surface area contributed by atoms with Crippen molar-refractivity contribution in [2.24, 2.45) is 5.92 Å². The quantitative estimate of drug-likeness (QED) is 0.515. The fourth-order valence-electron chi connectivity index (χ4n) is 0.987. The summed E-state index contributed by atoms with van der Waals surface area (Å²) in [6.45, 7) is 0.582. The largest absolute Gasteiger partial charge is 0.393 e. The van der Waals surface area contributed by atoms with Gasteiger partial charge in [-0.05, 0) is 5.75 Å². The van der Waals surface area contributed by atoms with Crippen molar-refractivity contribution >= 4 is 25.3 Å². The van der Waals surface area contributed by atoms with Gasteiger partial charge in [0.15, 0.2) is 0 Å². The maximum atomic E-state index is 9.36. The summed E-state index contributed by atoms with van der Waals surface area (Å²) in [6, 6.07) is 0. The third kappa shape index (κ3) is 2.05. The average molecular weight is 180 g/mol. The van der Waals surface area contributed by atoms with Gasteiger partial charge in [0.25, 0.3) is 0 Å². The van der Waals surface area contributed by atoms with E-state index in [2.05, 4.69) is 25.3 Å². The van der Waals surface area contributed by atoms with E-state index in [4.69, 9.17) is 4.74 Å². The van der Waals surface area contributed by atoms with Crippen LogP contribution in [0.1, 0.15) is 6.42 Å². The first-order valence-corrected chi connectivity index (χ1v) is 4.47. The Bertz CT molecular complexity index is 110. The molecule has 0 bridgehead atoms. The molecule has 1 heterocycles. The van der Waals surface area contributed by atoms with Crippen molar-refractivity contribution in [3.63, 3.8) is 0 Å². The molecule has 0 amide bonds. The lowest BCUT2D eigenvalue weighted by Crippen LogP contribution is -2.36. The second-order valence-electron chi connectivity index (χ2n) is 2.53. The molecule has 0 aromatic heterocycles. The van der Waals surface area contributed by atoms with Gasteiger partial charge in [0.1, 0.15) is 5.44 Å². The normalized spacial score (nSPS) is 41.7. The van der Waals surface area contributed by atoms with Crippen molar-refractivity contribution in [3.8, 4) is 0 Å². The Morgan fingerprint density at radius 2 is 2.30 bits per heavy atom. The van der Waals surface area contributed by atoms with E-state index in [1.807, 2.05) is 0 Å². The smallest absolute Gasteiger partial charge is 0.102 e. The Kier molecular flexibility index (Phi) is 3.36. The minimum Gasteiger partial charge on any atom is -0.393 e. The van der Waals surface area contributed by atoms with E-state index in [0.29, 0.717) is 18.8 Å². The van der Waals surface area contributed by atoms with Gasteiger partial charge in [-0.2, -0.15) is 12.6 Å². The number of rotatable bonds is 1. The molecule has 0 aromatic carbocycles. The maximum Gasteiger partial charge on any atom is 0.102 e. The van der Waals surface area contributed by atoms with Crippen LogP contribution in [-0.2, 0) is 4.74 Å². The minimum atomic E-state index is -0.284. The predicted molar refractivity (Wildman–Crippen MR) is 46.7 cm³/mol. The van der Waals surface area contributed by atoms with Gasteiger partial charge in [0, 0.05) is 12.3 Å². The Morgan fingerprint density at radius 1 is 1.60 bits per heavy atom. The van der Waals surface area contributed by atoms with Crippen LogP contribution < -0.4 is 0 Å². The van der Waals surface area contributed by atoms with Gasteiger partial charge in [-0.15, -0.1) is 12.6 Å². The van der Waals surface area contributed by atoms with Crippen LogP contribution in [0.15, 0.2) is 0 Å².